The fourth-order valence-corrected chi connectivity index (χ4v) is 2.58. The highest BCUT2D eigenvalue weighted by Gasteiger charge is 2.10. The van der Waals surface area contributed by atoms with Crippen molar-refractivity contribution in [3.05, 3.63) is 89.2 Å². The van der Waals surface area contributed by atoms with Gasteiger partial charge in [0.1, 0.15) is 5.69 Å². The molecule has 6 heteroatoms. The molecule has 3 aromatic rings. The molecule has 0 radical (unpaired) electrons. The van der Waals surface area contributed by atoms with Crippen molar-refractivity contribution in [2.24, 2.45) is 0 Å². The molecule has 28 heavy (non-hydrogen) atoms. The number of nitrogens with one attached hydrogen (secondary N) is 2. The summed E-state index contributed by atoms with van der Waals surface area (Å²) in [6, 6.07) is 18.2. The third kappa shape index (κ3) is 4.94. The van der Waals surface area contributed by atoms with Crippen LogP contribution in [0.15, 0.2) is 66.9 Å². The molecule has 0 fully saturated rings. The van der Waals surface area contributed by atoms with Crippen LogP contribution in [0, 0.1) is 6.92 Å². The quantitative estimate of drug-likeness (QED) is 0.636. The van der Waals surface area contributed by atoms with Gasteiger partial charge in [-0.05, 0) is 48.9 Å². The van der Waals surface area contributed by atoms with Crippen molar-refractivity contribution in [1.29, 1.82) is 0 Å². The van der Waals surface area contributed by atoms with Crippen LogP contribution < -0.4 is 10.6 Å². The Labute approximate surface area is 163 Å². The molecule has 2 aromatic carbocycles. The first kappa shape index (κ1) is 19.1. The second kappa shape index (κ2) is 8.81. The maximum Gasteiger partial charge on any atom is 0.337 e. The number of ether oxygens (including phenoxy) is 1. The number of hydrogen-bond donors (Lipinski definition) is 2. The molecule has 3 rings (SSSR count). The van der Waals surface area contributed by atoms with Gasteiger partial charge >= 0.3 is 5.97 Å². The number of carbonyl (C=O) groups is 2. The van der Waals surface area contributed by atoms with Gasteiger partial charge in [-0.3, -0.25) is 9.78 Å². The van der Waals surface area contributed by atoms with Crippen LogP contribution >= 0.6 is 0 Å². The zero-order valence-electron chi connectivity index (χ0n) is 15.7. The molecule has 6 nitrogen and oxygen atoms in total. The van der Waals surface area contributed by atoms with Crippen molar-refractivity contribution in [3.63, 3.8) is 0 Å². The van der Waals surface area contributed by atoms with Gasteiger partial charge in [-0.1, -0.05) is 29.8 Å². The van der Waals surface area contributed by atoms with E-state index in [0.29, 0.717) is 23.5 Å². The number of benzene rings is 2. The van der Waals surface area contributed by atoms with Crippen LogP contribution in [0.5, 0.6) is 0 Å². The molecular weight excluding hydrogens is 354 g/mol. The number of pyridine rings is 1. The lowest BCUT2D eigenvalue weighted by Crippen LogP contribution is -2.14. The number of carbonyl (C=O) groups excluding carboxylic acids is 2. The first-order valence-corrected chi connectivity index (χ1v) is 8.80. The molecule has 0 spiro atoms. The third-order valence-electron chi connectivity index (χ3n) is 4.17. The average molecular weight is 375 g/mol. The van der Waals surface area contributed by atoms with Gasteiger partial charge in [-0.2, -0.15) is 0 Å². The number of methoxy groups -OCH3 is 1. The number of nitrogens with zero attached hydrogens (tertiary/aromatic N) is 1. The maximum atomic E-state index is 12.5. The lowest BCUT2D eigenvalue weighted by Gasteiger charge is -2.09. The van der Waals surface area contributed by atoms with Gasteiger partial charge in [0.2, 0.25) is 0 Å². The van der Waals surface area contributed by atoms with Gasteiger partial charge in [0, 0.05) is 24.1 Å². The Morgan fingerprint density at radius 2 is 1.68 bits per heavy atom. The Balaban J connectivity index is 1.63. The highest BCUT2D eigenvalue weighted by molar-refractivity contribution is 6.03. The maximum absolute atomic E-state index is 12.5. The first-order valence-electron chi connectivity index (χ1n) is 8.80. The predicted octanol–water partition coefficient (Wildman–Crippen LogP) is 4.04. The number of aryl methyl sites for hydroxylation is 1. The smallest absolute Gasteiger partial charge is 0.337 e. The second-order valence-electron chi connectivity index (χ2n) is 6.29. The topological polar surface area (TPSA) is 80.3 Å². The van der Waals surface area contributed by atoms with Crippen LogP contribution in [0.4, 0.5) is 11.4 Å². The summed E-state index contributed by atoms with van der Waals surface area (Å²) in [5, 5.41) is 6.06. The van der Waals surface area contributed by atoms with Gasteiger partial charge < -0.3 is 15.4 Å². The molecule has 142 valence electrons. The van der Waals surface area contributed by atoms with Crippen molar-refractivity contribution in [3.8, 4) is 0 Å². The molecule has 0 aliphatic rings. The monoisotopic (exact) mass is 375 g/mol. The van der Waals surface area contributed by atoms with Crippen LogP contribution in [0.1, 0.15) is 32.0 Å². The van der Waals surface area contributed by atoms with Crippen molar-refractivity contribution < 1.29 is 14.3 Å². The van der Waals surface area contributed by atoms with Gasteiger partial charge in [0.05, 0.1) is 12.7 Å². The van der Waals surface area contributed by atoms with E-state index < -0.39 is 5.97 Å². The van der Waals surface area contributed by atoms with E-state index in [1.807, 2.05) is 13.0 Å². The van der Waals surface area contributed by atoms with E-state index in [1.165, 1.54) is 12.7 Å². The number of hydrogen-bond acceptors (Lipinski definition) is 5. The van der Waals surface area contributed by atoms with Crippen molar-refractivity contribution in [2.75, 3.05) is 17.7 Å². The lowest BCUT2D eigenvalue weighted by molar-refractivity contribution is 0.0600. The zero-order chi connectivity index (χ0) is 19.9. The largest absolute Gasteiger partial charge is 0.465 e. The van der Waals surface area contributed by atoms with Crippen molar-refractivity contribution in [2.45, 2.75) is 13.5 Å². The molecule has 0 saturated carbocycles. The van der Waals surface area contributed by atoms with Crippen LogP contribution in [-0.2, 0) is 11.3 Å². The fourth-order valence-electron chi connectivity index (χ4n) is 2.58. The lowest BCUT2D eigenvalue weighted by atomic mass is 10.1. The molecule has 0 bridgehead atoms. The summed E-state index contributed by atoms with van der Waals surface area (Å²) in [5.41, 5.74) is 4.46. The first-order chi connectivity index (χ1) is 13.5. The minimum Gasteiger partial charge on any atom is -0.465 e. The van der Waals surface area contributed by atoms with Crippen LogP contribution in [-0.4, -0.2) is 24.0 Å². The minimum atomic E-state index is -0.424. The van der Waals surface area contributed by atoms with Crippen molar-refractivity contribution in [1.82, 2.24) is 4.98 Å². The van der Waals surface area contributed by atoms with E-state index in [9.17, 15) is 9.59 Å². The Kier molecular flexibility index (Phi) is 6.01. The Hall–Kier alpha value is -3.67. The molecule has 1 heterocycles. The highest BCUT2D eigenvalue weighted by Crippen LogP contribution is 2.14. The van der Waals surface area contributed by atoms with E-state index in [2.05, 4.69) is 44.6 Å². The number of anilines is 2. The summed E-state index contributed by atoms with van der Waals surface area (Å²) in [4.78, 5) is 28.1. The normalized spacial score (nSPS) is 10.2. The Bertz CT molecular complexity index is 967. The summed E-state index contributed by atoms with van der Waals surface area (Å²) in [7, 11) is 1.32. The molecular formula is C22H21N3O3. The Morgan fingerprint density at radius 3 is 2.36 bits per heavy atom. The SMILES string of the molecule is COC(=O)c1ccc(NC(=O)c2cc(NCc3ccc(C)cc3)ccn2)cc1. The van der Waals surface area contributed by atoms with Gasteiger partial charge in [0.25, 0.3) is 5.91 Å². The molecule has 2 N–H and O–H groups in total. The molecule has 0 atom stereocenters. The van der Waals surface area contributed by atoms with Crippen LogP contribution in [0.2, 0.25) is 0 Å². The Morgan fingerprint density at radius 1 is 0.964 bits per heavy atom. The predicted molar refractivity (Wildman–Crippen MR) is 108 cm³/mol. The standard InChI is InChI=1S/C22H21N3O3/c1-15-3-5-16(6-4-15)14-24-19-11-12-23-20(13-19)21(26)25-18-9-7-17(8-10-18)22(27)28-2/h3-13H,14H2,1-2H3,(H,23,24)(H,25,26). The molecule has 1 aromatic heterocycles. The molecule has 0 unspecified atom stereocenters. The van der Waals surface area contributed by atoms with E-state index in [1.54, 1.807) is 36.5 Å². The average Bonchev–Trinajstić information content (AvgIpc) is 2.73. The fraction of sp³-hybridized carbons (Fsp3) is 0.136. The minimum absolute atomic E-state index is 0.297. The third-order valence-corrected chi connectivity index (χ3v) is 4.17. The molecule has 0 aliphatic heterocycles. The summed E-state index contributed by atoms with van der Waals surface area (Å²) < 4.78 is 4.66. The number of aromatic nitrogens is 1. The van der Waals surface area contributed by atoms with Crippen LogP contribution in [0.25, 0.3) is 0 Å². The summed E-state index contributed by atoms with van der Waals surface area (Å²) in [6.45, 7) is 2.70. The number of amides is 1. The highest BCUT2D eigenvalue weighted by atomic mass is 16.5. The number of esters is 1. The molecule has 0 aliphatic carbocycles. The molecule has 0 saturated heterocycles. The van der Waals surface area contributed by atoms with E-state index in [-0.39, 0.29) is 5.91 Å². The van der Waals surface area contributed by atoms with Gasteiger partial charge in [-0.25, -0.2) is 4.79 Å². The van der Waals surface area contributed by atoms with Gasteiger partial charge in [0.15, 0.2) is 0 Å². The van der Waals surface area contributed by atoms with Crippen LogP contribution in [0.3, 0.4) is 0 Å². The number of rotatable bonds is 6. The zero-order valence-corrected chi connectivity index (χ0v) is 15.7. The molecule has 1 amide bonds. The second-order valence-corrected chi connectivity index (χ2v) is 6.29. The van der Waals surface area contributed by atoms with Gasteiger partial charge in [-0.15, -0.1) is 0 Å². The summed E-state index contributed by atoms with van der Waals surface area (Å²) in [6.07, 6.45) is 1.59. The van der Waals surface area contributed by atoms with E-state index >= 15 is 0 Å². The van der Waals surface area contributed by atoms with Crippen molar-refractivity contribution >= 4 is 23.3 Å². The summed E-state index contributed by atoms with van der Waals surface area (Å²) in [5.74, 6) is -0.753. The summed E-state index contributed by atoms with van der Waals surface area (Å²) >= 11 is 0. The van der Waals surface area contributed by atoms with E-state index in [0.717, 1.165) is 11.3 Å². The van der Waals surface area contributed by atoms with E-state index in [4.69, 9.17) is 0 Å².